The predicted octanol–water partition coefficient (Wildman–Crippen LogP) is 0.699. The lowest BCUT2D eigenvalue weighted by Crippen LogP contribution is -2.03. The monoisotopic (exact) mass is 227 g/mol. The summed E-state index contributed by atoms with van der Waals surface area (Å²) >= 11 is 0. The molecule has 0 aliphatic carbocycles. The zero-order valence-corrected chi connectivity index (χ0v) is 9.37. The first-order valence-electron chi connectivity index (χ1n) is 5.38. The number of imidazole rings is 1. The molecule has 0 aliphatic heterocycles. The second-order valence-electron chi connectivity index (χ2n) is 3.70. The van der Waals surface area contributed by atoms with Crippen molar-refractivity contribution < 1.29 is 0 Å². The molecule has 0 saturated carbocycles. The molecule has 2 N–H and O–H groups in total. The van der Waals surface area contributed by atoms with E-state index < -0.39 is 0 Å². The summed E-state index contributed by atoms with van der Waals surface area (Å²) in [7, 11) is 0. The van der Waals surface area contributed by atoms with Crippen LogP contribution in [0, 0.1) is 11.3 Å². The Morgan fingerprint density at radius 1 is 1.41 bits per heavy atom. The largest absolute Gasteiger partial charge is 0.333 e. The summed E-state index contributed by atoms with van der Waals surface area (Å²) < 4.78 is 1.93. The van der Waals surface area contributed by atoms with E-state index in [1.54, 1.807) is 12.5 Å². The van der Waals surface area contributed by atoms with E-state index in [1.807, 2.05) is 22.9 Å². The maximum Gasteiger partial charge on any atom is 0.145 e. The number of nitrogens with two attached hydrogens (primary N) is 1. The number of hydrogen-bond acceptors (Lipinski definition) is 4. The summed E-state index contributed by atoms with van der Waals surface area (Å²) in [5, 5.41) is 8.93. The highest BCUT2D eigenvalue weighted by molar-refractivity contribution is 5.30. The van der Waals surface area contributed by atoms with Gasteiger partial charge in [-0.2, -0.15) is 5.26 Å². The summed E-state index contributed by atoms with van der Waals surface area (Å²) in [4.78, 5) is 8.26. The number of rotatable bonds is 4. The van der Waals surface area contributed by atoms with Crippen molar-refractivity contribution in [1.82, 2.24) is 14.5 Å². The molecule has 0 unspecified atom stereocenters. The van der Waals surface area contributed by atoms with E-state index in [0.29, 0.717) is 18.8 Å². The van der Waals surface area contributed by atoms with Crippen LogP contribution in [0.4, 0.5) is 0 Å². The van der Waals surface area contributed by atoms with Crippen LogP contribution in [0.1, 0.15) is 17.0 Å². The Labute approximate surface area is 99.5 Å². The molecule has 5 nitrogen and oxygen atoms in total. The van der Waals surface area contributed by atoms with Gasteiger partial charge in [0.1, 0.15) is 11.8 Å². The van der Waals surface area contributed by atoms with E-state index in [0.717, 1.165) is 17.7 Å². The van der Waals surface area contributed by atoms with E-state index in [9.17, 15) is 0 Å². The summed E-state index contributed by atoms with van der Waals surface area (Å²) in [6.07, 6.45) is 6.08. The SMILES string of the molecule is N#Cc1ncccc1Cn1cnc(CCN)c1. The van der Waals surface area contributed by atoms with Gasteiger partial charge in [0.25, 0.3) is 0 Å². The third kappa shape index (κ3) is 2.68. The third-order valence-corrected chi connectivity index (χ3v) is 2.44. The molecule has 0 bridgehead atoms. The van der Waals surface area contributed by atoms with Crippen LogP contribution in [-0.4, -0.2) is 21.1 Å². The van der Waals surface area contributed by atoms with Crippen molar-refractivity contribution in [2.45, 2.75) is 13.0 Å². The Balaban J connectivity index is 2.17. The van der Waals surface area contributed by atoms with Gasteiger partial charge in [-0.1, -0.05) is 6.07 Å². The van der Waals surface area contributed by atoms with Gasteiger partial charge in [-0.25, -0.2) is 9.97 Å². The Morgan fingerprint density at radius 2 is 2.29 bits per heavy atom. The van der Waals surface area contributed by atoms with Gasteiger partial charge in [-0.3, -0.25) is 0 Å². The van der Waals surface area contributed by atoms with Crippen LogP contribution in [0.25, 0.3) is 0 Å². The molecule has 2 aromatic rings. The van der Waals surface area contributed by atoms with Crippen LogP contribution in [0.15, 0.2) is 30.9 Å². The highest BCUT2D eigenvalue weighted by Crippen LogP contribution is 2.07. The first kappa shape index (κ1) is 11.3. The Bertz CT molecular complexity index is 538. The predicted molar refractivity (Wildman–Crippen MR) is 63.0 cm³/mol. The minimum atomic E-state index is 0.460. The second-order valence-corrected chi connectivity index (χ2v) is 3.70. The molecule has 0 saturated heterocycles. The molecule has 0 radical (unpaired) electrons. The van der Waals surface area contributed by atoms with Crippen molar-refractivity contribution in [3.05, 3.63) is 47.8 Å². The van der Waals surface area contributed by atoms with E-state index in [2.05, 4.69) is 16.0 Å². The molecule has 0 aromatic carbocycles. The molecule has 86 valence electrons. The van der Waals surface area contributed by atoms with Crippen LogP contribution in [0.3, 0.4) is 0 Å². The lowest BCUT2D eigenvalue weighted by molar-refractivity contribution is 0.788. The molecule has 17 heavy (non-hydrogen) atoms. The van der Waals surface area contributed by atoms with Crippen LogP contribution < -0.4 is 5.73 Å². The standard InChI is InChI=1S/C12H13N5/c13-4-3-11-8-17(9-16-11)7-10-2-1-5-15-12(10)6-14/h1-2,5,8-9H,3-4,7,13H2. The number of pyridine rings is 1. The summed E-state index contributed by atoms with van der Waals surface area (Å²) in [5.74, 6) is 0. The topological polar surface area (TPSA) is 80.5 Å². The number of aromatic nitrogens is 3. The lowest BCUT2D eigenvalue weighted by Gasteiger charge is -2.03. The van der Waals surface area contributed by atoms with Crippen molar-refractivity contribution in [2.75, 3.05) is 6.54 Å². The molecule has 2 rings (SSSR count). The lowest BCUT2D eigenvalue weighted by atomic mass is 10.2. The Morgan fingerprint density at radius 3 is 3.06 bits per heavy atom. The molecule has 2 aromatic heterocycles. The molecular formula is C12H13N5. The van der Waals surface area contributed by atoms with Crippen LogP contribution in [0.5, 0.6) is 0 Å². The van der Waals surface area contributed by atoms with Gasteiger partial charge in [-0.05, 0) is 12.6 Å². The highest BCUT2D eigenvalue weighted by atomic mass is 15.0. The van der Waals surface area contributed by atoms with Crippen molar-refractivity contribution in [2.24, 2.45) is 5.73 Å². The minimum Gasteiger partial charge on any atom is -0.333 e. The third-order valence-electron chi connectivity index (χ3n) is 2.44. The smallest absolute Gasteiger partial charge is 0.145 e. The van der Waals surface area contributed by atoms with Crippen molar-refractivity contribution in [3.63, 3.8) is 0 Å². The fourth-order valence-electron chi connectivity index (χ4n) is 1.63. The van der Waals surface area contributed by atoms with Crippen molar-refractivity contribution in [3.8, 4) is 6.07 Å². The van der Waals surface area contributed by atoms with Crippen molar-refractivity contribution >= 4 is 0 Å². The average Bonchev–Trinajstić information content (AvgIpc) is 2.78. The normalized spacial score (nSPS) is 10.1. The zero-order chi connectivity index (χ0) is 12.1. The number of hydrogen-bond donors (Lipinski definition) is 1. The molecular weight excluding hydrogens is 214 g/mol. The van der Waals surface area contributed by atoms with Gasteiger partial charge in [0.15, 0.2) is 0 Å². The molecule has 0 amide bonds. The van der Waals surface area contributed by atoms with Crippen LogP contribution in [-0.2, 0) is 13.0 Å². The minimum absolute atomic E-state index is 0.460. The van der Waals surface area contributed by atoms with Crippen LogP contribution >= 0.6 is 0 Å². The summed E-state index contributed by atoms with van der Waals surface area (Å²) in [6, 6.07) is 5.81. The fraction of sp³-hybridized carbons (Fsp3) is 0.250. The van der Waals surface area contributed by atoms with E-state index in [4.69, 9.17) is 11.0 Å². The van der Waals surface area contributed by atoms with Gasteiger partial charge in [0.2, 0.25) is 0 Å². The van der Waals surface area contributed by atoms with Crippen LogP contribution in [0.2, 0.25) is 0 Å². The van der Waals surface area contributed by atoms with Gasteiger partial charge >= 0.3 is 0 Å². The van der Waals surface area contributed by atoms with Gasteiger partial charge < -0.3 is 10.3 Å². The maximum absolute atomic E-state index is 8.93. The van der Waals surface area contributed by atoms with E-state index >= 15 is 0 Å². The Kier molecular flexibility index (Phi) is 3.48. The Hall–Kier alpha value is -2.19. The van der Waals surface area contributed by atoms with Gasteiger partial charge in [0, 0.05) is 24.4 Å². The molecule has 0 spiro atoms. The van der Waals surface area contributed by atoms with Gasteiger partial charge in [-0.15, -0.1) is 0 Å². The number of nitriles is 1. The average molecular weight is 227 g/mol. The first-order valence-corrected chi connectivity index (χ1v) is 5.38. The molecule has 2 heterocycles. The second kappa shape index (κ2) is 5.23. The first-order chi connectivity index (χ1) is 8.33. The van der Waals surface area contributed by atoms with E-state index in [-0.39, 0.29) is 0 Å². The molecule has 5 heteroatoms. The maximum atomic E-state index is 8.93. The van der Waals surface area contributed by atoms with E-state index in [1.165, 1.54) is 0 Å². The highest BCUT2D eigenvalue weighted by Gasteiger charge is 2.04. The van der Waals surface area contributed by atoms with Crippen molar-refractivity contribution in [1.29, 1.82) is 5.26 Å². The summed E-state index contributed by atoms with van der Waals surface area (Å²) in [6.45, 7) is 1.20. The zero-order valence-electron chi connectivity index (χ0n) is 9.37. The molecule has 0 fully saturated rings. The summed E-state index contributed by atoms with van der Waals surface area (Å²) in [5.41, 5.74) is 7.79. The van der Waals surface area contributed by atoms with Gasteiger partial charge in [0.05, 0.1) is 18.6 Å². The number of nitrogens with zero attached hydrogens (tertiary/aromatic N) is 4. The quantitative estimate of drug-likeness (QED) is 0.833. The fourth-order valence-corrected chi connectivity index (χ4v) is 1.63. The molecule has 0 aliphatic rings. The molecule has 0 atom stereocenters.